The fourth-order valence-electron chi connectivity index (χ4n) is 2.24. The number of hydrogen-bond donors (Lipinski definition) is 1. The molecule has 0 atom stereocenters. The second kappa shape index (κ2) is 4.84. The lowest BCUT2D eigenvalue weighted by atomic mass is 10.1. The first-order valence-electron chi connectivity index (χ1n) is 5.85. The molecule has 1 aliphatic rings. The molecule has 0 spiro atoms. The summed E-state index contributed by atoms with van der Waals surface area (Å²) in [7, 11) is 1.75. The average molecular weight is 277 g/mol. The van der Waals surface area contributed by atoms with Crippen molar-refractivity contribution in [3.63, 3.8) is 0 Å². The van der Waals surface area contributed by atoms with Crippen molar-refractivity contribution >= 4 is 5.97 Å². The number of halogens is 3. The number of aromatic nitrogens is 2. The Hall–Kier alpha value is -1.57. The molecule has 2 rings (SSSR count). The predicted molar refractivity (Wildman–Crippen MR) is 59.5 cm³/mol. The van der Waals surface area contributed by atoms with Gasteiger partial charge in [-0.15, -0.1) is 0 Å². The van der Waals surface area contributed by atoms with Gasteiger partial charge < -0.3 is 10.0 Å². The number of alkyl halides is 3. The van der Waals surface area contributed by atoms with Crippen LogP contribution in [0.25, 0.3) is 0 Å². The normalized spacial score (nSPS) is 16.4. The number of rotatable bonds is 3. The van der Waals surface area contributed by atoms with Crippen LogP contribution in [-0.2, 0) is 30.5 Å². The third-order valence-electron chi connectivity index (χ3n) is 3.13. The van der Waals surface area contributed by atoms with Gasteiger partial charge in [0.1, 0.15) is 0 Å². The van der Waals surface area contributed by atoms with Crippen LogP contribution in [-0.4, -0.2) is 39.3 Å². The number of aliphatic carboxylic acids is 1. The van der Waals surface area contributed by atoms with E-state index in [0.717, 1.165) is 0 Å². The summed E-state index contributed by atoms with van der Waals surface area (Å²) in [5, 5.41) is 12.2. The maximum atomic E-state index is 12.9. The highest BCUT2D eigenvalue weighted by Gasteiger charge is 2.40. The van der Waals surface area contributed by atoms with Crippen LogP contribution >= 0.6 is 0 Å². The minimum absolute atomic E-state index is 0.0303. The molecule has 0 unspecified atom stereocenters. The van der Waals surface area contributed by atoms with E-state index in [2.05, 4.69) is 5.10 Å². The molecular weight excluding hydrogens is 263 g/mol. The summed E-state index contributed by atoms with van der Waals surface area (Å²) in [5.74, 6) is -1.05. The number of fused-ring (bicyclic) bond motifs is 1. The molecule has 0 saturated heterocycles. The molecule has 8 heteroatoms. The Morgan fingerprint density at radius 3 is 2.74 bits per heavy atom. The van der Waals surface area contributed by atoms with Gasteiger partial charge in [-0.2, -0.15) is 18.3 Å². The summed E-state index contributed by atoms with van der Waals surface area (Å²) in [5.41, 5.74) is -0.210. The van der Waals surface area contributed by atoms with E-state index in [-0.39, 0.29) is 25.1 Å². The minimum atomic E-state index is -4.50. The van der Waals surface area contributed by atoms with E-state index in [0.29, 0.717) is 18.7 Å². The molecule has 19 heavy (non-hydrogen) atoms. The Bertz CT molecular complexity index is 496. The highest BCUT2D eigenvalue weighted by Crippen LogP contribution is 2.34. The van der Waals surface area contributed by atoms with Crippen LogP contribution in [0.1, 0.15) is 23.4 Å². The van der Waals surface area contributed by atoms with Crippen LogP contribution < -0.4 is 0 Å². The second-order valence-corrected chi connectivity index (χ2v) is 4.63. The van der Waals surface area contributed by atoms with Crippen LogP contribution in [0.4, 0.5) is 13.2 Å². The lowest BCUT2D eigenvalue weighted by Crippen LogP contribution is -2.28. The van der Waals surface area contributed by atoms with Gasteiger partial charge in [0.2, 0.25) is 0 Å². The van der Waals surface area contributed by atoms with E-state index < -0.39 is 17.8 Å². The zero-order valence-electron chi connectivity index (χ0n) is 10.4. The van der Waals surface area contributed by atoms with Crippen molar-refractivity contribution in [3.8, 4) is 0 Å². The molecule has 0 aliphatic carbocycles. The molecular formula is C11H14F3N3O2. The van der Waals surface area contributed by atoms with E-state index in [4.69, 9.17) is 5.11 Å². The fraction of sp³-hybridized carbons (Fsp3) is 0.636. The van der Waals surface area contributed by atoms with Crippen LogP contribution in [0.3, 0.4) is 0 Å². The van der Waals surface area contributed by atoms with E-state index in [1.165, 1.54) is 4.68 Å². The number of likely N-dealkylation sites (N-methyl/N-ethyl adjacent to an activating group) is 1. The van der Waals surface area contributed by atoms with E-state index in [9.17, 15) is 18.0 Å². The van der Waals surface area contributed by atoms with Gasteiger partial charge >= 0.3 is 12.1 Å². The SMILES string of the molecule is CN1CCc2c(c(C(F)(F)F)nn2CCC(=O)O)C1. The Labute approximate surface area is 107 Å². The molecule has 0 amide bonds. The molecule has 0 aromatic carbocycles. The van der Waals surface area contributed by atoms with Gasteiger partial charge in [-0.05, 0) is 7.05 Å². The molecule has 1 aliphatic heterocycles. The summed E-state index contributed by atoms with van der Waals surface area (Å²) in [6.45, 7) is 0.803. The zero-order valence-corrected chi connectivity index (χ0v) is 10.4. The largest absolute Gasteiger partial charge is 0.481 e. The van der Waals surface area contributed by atoms with Crippen LogP contribution in [0.15, 0.2) is 0 Å². The minimum Gasteiger partial charge on any atom is -0.481 e. The van der Waals surface area contributed by atoms with E-state index >= 15 is 0 Å². The van der Waals surface area contributed by atoms with Crippen molar-refractivity contribution < 1.29 is 23.1 Å². The van der Waals surface area contributed by atoms with Gasteiger partial charge in [-0.1, -0.05) is 0 Å². The van der Waals surface area contributed by atoms with E-state index in [1.807, 2.05) is 0 Å². The number of carboxylic acids is 1. The second-order valence-electron chi connectivity index (χ2n) is 4.63. The van der Waals surface area contributed by atoms with Gasteiger partial charge in [0.15, 0.2) is 5.69 Å². The van der Waals surface area contributed by atoms with Gasteiger partial charge in [-0.25, -0.2) is 0 Å². The molecule has 0 fully saturated rings. The maximum Gasteiger partial charge on any atom is 0.435 e. The third-order valence-corrected chi connectivity index (χ3v) is 3.13. The Morgan fingerprint density at radius 1 is 1.47 bits per heavy atom. The lowest BCUT2D eigenvalue weighted by molar-refractivity contribution is -0.142. The summed E-state index contributed by atoms with van der Waals surface area (Å²) in [6.07, 6.45) is -4.29. The quantitative estimate of drug-likeness (QED) is 0.906. The summed E-state index contributed by atoms with van der Waals surface area (Å²) >= 11 is 0. The number of nitrogens with zero attached hydrogens (tertiary/aromatic N) is 3. The van der Waals surface area contributed by atoms with Crippen LogP contribution in [0.2, 0.25) is 0 Å². The fourth-order valence-corrected chi connectivity index (χ4v) is 2.24. The van der Waals surface area contributed by atoms with Gasteiger partial charge in [-0.3, -0.25) is 9.48 Å². The van der Waals surface area contributed by atoms with Gasteiger partial charge in [0.05, 0.1) is 13.0 Å². The van der Waals surface area contributed by atoms with Crippen molar-refractivity contribution in [2.45, 2.75) is 32.1 Å². The Balaban J connectivity index is 2.38. The standard InChI is InChI=1S/C11H14F3N3O2/c1-16-4-2-8-7(6-16)10(11(12,13)14)15-17(8)5-3-9(18)19/h2-6H2,1H3,(H,18,19). The van der Waals surface area contributed by atoms with Gasteiger partial charge in [0.25, 0.3) is 0 Å². The van der Waals surface area contributed by atoms with Crippen molar-refractivity contribution in [1.82, 2.24) is 14.7 Å². The molecule has 5 nitrogen and oxygen atoms in total. The molecule has 0 saturated carbocycles. The summed E-state index contributed by atoms with van der Waals surface area (Å²) < 4.78 is 39.9. The smallest absolute Gasteiger partial charge is 0.435 e. The molecule has 1 aromatic heterocycles. The molecule has 0 bridgehead atoms. The number of carboxylic acid groups (broad SMARTS) is 1. The summed E-state index contributed by atoms with van der Waals surface area (Å²) in [6, 6.07) is 0. The van der Waals surface area contributed by atoms with Crippen molar-refractivity contribution in [1.29, 1.82) is 0 Å². The molecule has 1 aromatic rings. The highest BCUT2D eigenvalue weighted by molar-refractivity contribution is 5.66. The number of aryl methyl sites for hydroxylation is 1. The van der Waals surface area contributed by atoms with Crippen molar-refractivity contribution in [3.05, 3.63) is 17.0 Å². The summed E-state index contributed by atoms with van der Waals surface area (Å²) in [4.78, 5) is 12.3. The first kappa shape index (κ1) is 13.9. The monoisotopic (exact) mass is 277 g/mol. The number of hydrogen-bond acceptors (Lipinski definition) is 3. The number of carbonyl (C=O) groups is 1. The Kier molecular flexibility index (Phi) is 3.53. The first-order valence-corrected chi connectivity index (χ1v) is 5.85. The average Bonchev–Trinajstić information content (AvgIpc) is 2.64. The zero-order chi connectivity index (χ0) is 14.2. The molecule has 106 valence electrons. The van der Waals surface area contributed by atoms with E-state index in [1.54, 1.807) is 11.9 Å². The topological polar surface area (TPSA) is 58.4 Å². The van der Waals surface area contributed by atoms with Crippen LogP contribution in [0, 0.1) is 0 Å². The maximum absolute atomic E-state index is 12.9. The lowest BCUT2D eigenvalue weighted by Gasteiger charge is -2.23. The van der Waals surface area contributed by atoms with Crippen molar-refractivity contribution in [2.75, 3.05) is 13.6 Å². The highest BCUT2D eigenvalue weighted by atomic mass is 19.4. The third kappa shape index (κ3) is 2.89. The molecule has 0 radical (unpaired) electrons. The first-order chi connectivity index (χ1) is 8.79. The Morgan fingerprint density at radius 2 is 2.16 bits per heavy atom. The van der Waals surface area contributed by atoms with Gasteiger partial charge in [0, 0.05) is 30.8 Å². The predicted octanol–water partition coefficient (Wildman–Crippen LogP) is 1.36. The molecule has 1 N–H and O–H groups in total. The molecule has 2 heterocycles. The van der Waals surface area contributed by atoms with Crippen molar-refractivity contribution in [2.24, 2.45) is 0 Å². The van der Waals surface area contributed by atoms with Crippen LogP contribution in [0.5, 0.6) is 0 Å².